The number of aliphatic hydroxyl groups excluding tert-OH is 1. The van der Waals surface area contributed by atoms with Gasteiger partial charge in [-0.2, -0.15) is 0 Å². The van der Waals surface area contributed by atoms with E-state index in [1.165, 1.54) is 0 Å². The molecule has 1 atom stereocenters. The predicted molar refractivity (Wildman–Crippen MR) is 109 cm³/mol. The van der Waals surface area contributed by atoms with Crippen LogP contribution in [0, 0.1) is 0 Å². The van der Waals surface area contributed by atoms with E-state index in [4.69, 9.17) is 14.2 Å². The molecule has 11 nitrogen and oxygen atoms in total. The standard InChI is InChI=1S/C20H34N4O7/c1-19(30-11-12-31-19)14-22-16(26)15(25)13-21-17(27)20(5-3-2-4-6-20)23-18(28)24-7-9-29-10-8-24/h16,22,26H,2-14H2,1H3,(H,21,27)(H,23,28). The Hall–Kier alpha value is -1.79. The van der Waals surface area contributed by atoms with E-state index in [2.05, 4.69) is 16.0 Å². The van der Waals surface area contributed by atoms with E-state index in [0.29, 0.717) is 52.4 Å². The number of nitrogens with zero attached hydrogens (tertiary/aromatic N) is 1. The lowest BCUT2D eigenvalue weighted by Crippen LogP contribution is -2.63. The molecule has 1 saturated carbocycles. The van der Waals surface area contributed by atoms with Gasteiger partial charge in [0.25, 0.3) is 0 Å². The van der Waals surface area contributed by atoms with E-state index in [0.717, 1.165) is 19.3 Å². The molecular weight excluding hydrogens is 408 g/mol. The van der Waals surface area contributed by atoms with Crippen LogP contribution >= 0.6 is 0 Å². The van der Waals surface area contributed by atoms with Crippen LogP contribution in [-0.4, -0.2) is 97.9 Å². The first-order valence-electron chi connectivity index (χ1n) is 11.0. The molecule has 1 aliphatic carbocycles. The Morgan fingerprint density at radius 3 is 2.32 bits per heavy atom. The first-order chi connectivity index (χ1) is 14.8. The molecule has 11 heteroatoms. The van der Waals surface area contributed by atoms with Crippen molar-refractivity contribution in [2.24, 2.45) is 0 Å². The minimum absolute atomic E-state index is 0.132. The first kappa shape index (κ1) is 23.9. The molecule has 31 heavy (non-hydrogen) atoms. The fraction of sp³-hybridized carbons (Fsp3) is 0.850. The number of hydrogen-bond acceptors (Lipinski definition) is 8. The van der Waals surface area contributed by atoms with Crippen LogP contribution in [0.1, 0.15) is 39.0 Å². The summed E-state index contributed by atoms with van der Waals surface area (Å²) in [6.07, 6.45) is 2.18. The lowest BCUT2D eigenvalue weighted by Gasteiger charge is -2.39. The third-order valence-electron chi connectivity index (χ3n) is 6.03. The molecule has 3 fully saturated rings. The number of rotatable bonds is 8. The van der Waals surface area contributed by atoms with E-state index in [-0.39, 0.29) is 19.1 Å². The molecule has 0 bridgehead atoms. The molecule has 0 aromatic heterocycles. The molecule has 0 aromatic carbocycles. The number of nitrogens with one attached hydrogen (secondary N) is 3. The number of ether oxygens (including phenoxy) is 3. The number of morpholine rings is 1. The quantitative estimate of drug-likeness (QED) is 0.354. The van der Waals surface area contributed by atoms with Crippen LogP contribution in [0.3, 0.4) is 0 Å². The van der Waals surface area contributed by atoms with Crippen molar-refractivity contribution >= 4 is 17.7 Å². The fourth-order valence-electron chi connectivity index (χ4n) is 4.10. The normalized spacial score (nSPS) is 23.7. The average molecular weight is 443 g/mol. The second kappa shape index (κ2) is 10.7. The molecule has 0 radical (unpaired) electrons. The van der Waals surface area contributed by atoms with Gasteiger partial charge in [0.1, 0.15) is 5.54 Å². The van der Waals surface area contributed by atoms with Gasteiger partial charge in [-0.1, -0.05) is 19.3 Å². The van der Waals surface area contributed by atoms with Crippen LogP contribution < -0.4 is 16.0 Å². The van der Waals surface area contributed by atoms with Crippen LogP contribution in [0.15, 0.2) is 0 Å². The Kier molecular flexibility index (Phi) is 8.23. The van der Waals surface area contributed by atoms with Crippen LogP contribution in [0.4, 0.5) is 4.79 Å². The molecular formula is C20H34N4O7. The highest BCUT2D eigenvalue weighted by Gasteiger charge is 2.42. The fourth-order valence-corrected chi connectivity index (χ4v) is 4.10. The average Bonchev–Trinajstić information content (AvgIpc) is 3.23. The number of urea groups is 1. The maximum atomic E-state index is 13.0. The van der Waals surface area contributed by atoms with E-state index in [1.807, 2.05) is 0 Å². The SMILES string of the molecule is CC1(CNC(O)C(=O)CNC(=O)C2(NC(=O)N3CCOCC3)CCCCC2)OCCO1. The molecule has 2 saturated heterocycles. The highest BCUT2D eigenvalue weighted by atomic mass is 16.7. The summed E-state index contributed by atoms with van der Waals surface area (Å²) >= 11 is 0. The summed E-state index contributed by atoms with van der Waals surface area (Å²) in [5, 5.41) is 18.3. The molecule has 3 rings (SSSR count). The molecule has 176 valence electrons. The van der Waals surface area contributed by atoms with Crippen molar-refractivity contribution < 1.29 is 33.7 Å². The van der Waals surface area contributed by atoms with Gasteiger partial charge in [-0.15, -0.1) is 0 Å². The maximum absolute atomic E-state index is 13.0. The van der Waals surface area contributed by atoms with Gasteiger partial charge < -0.3 is 34.9 Å². The van der Waals surface area contributed by atoms with Crippen molar-refractivity contribution in [3.05, 3.63) is 0 Å². The van der Waals surface area contributed by atoms with Crippen LogP contribution in [0.5, 0.6) is 0 Å². The molecule has 2 aliphatic heterocycles. The van der Waals surface area contributed by atoms with Gasteiger partial charge in [-0.05, 0) is 19.8 Å². The Balaban J connectivity index is 1.51. The summed E-state index contributed by atoms with van der Waals surface area (Å²) in [5.41, 5.74) is -1.05. The zero-order valence-corrected chi connectivity index (χ0v) is 18.1. The van der Waals surface area contributed by atoms with Gasteiger partial charge in [0.15, 0.2) is 17.8 Å². The second-order valence-electron chi connectivity index (χ2n) is 8.44. The summed E-state index contributed by atoms with van der Waals surface area (Å²) in [6.45, 7) is 4.32. The maximum Gasteiger partial charge on any atom is 0.318 e. The molecule has 3 aliphatic rings. The Bertz CT molecular complexity index is 641. The van der Waals surface area contributed by atoms with Crippen molar-refractivity contribution in [3.63, 3.8) is 0 Å². The van der Waals surface area contributed by atoms with Crippen molar-refractivity contribution in [2.45, 2.75) is 56.6 Å². The zero-order chi connectivity index (χ0) is 22.3. The lowest BCUT2D eigenvalue weighted by molar-refractivity contribution is -0.147. The van der Waals surface area contributed by atoms with Gasteiger partial charge in [-0.3, -0.25) is 14.9 Å². The van der Waals surface area contributed by atoms with Gasteiger partial charge >= 0.3 is 6.03 Å². The lowest BCUT2D eigenvalue weighted by atomic mass is 9.81. The van der Waals surface area contributed by atoms with Gasteiger partial charge in [0.05, 0.1) is 39.5 Å². The van der Waals surface area contributed by atoms with Crippen molar-refractivity contribution in [1.82, 2.24) is 20.9 Å². The van der Waals surface area contributed by atoms with E-state index in [9.17, 15) is 19.5 Å². The minimum Gasteiger partial charge on any atom is -0.378 e. The van der Waals surface area contributed by atoms with Crippen molar-refractivity contribution in [3.8, 4) is 0 Å². The van der Waals surface area contributed by atoms with E-state index < -0.39 is 29.2 Å². The van der Waals surface area contributed by atoms with Crippen LogP contribution in [0.25, 0.3) is 0 Å². The van der Waals surface area contributed by atoms with Crippen molar-refractivity contribution in [1.29, 1.82) is 0 Å². The van der Waals surface area contributed by atoms with Gasteiger partial charge in [0.2, 0.25) is 5.91 Å². The highest BCUT2D eigenvalue weighted by Crippen LogP contribution is 2.29. The zero-order valence-electron chi connectivity index (χ0n) is 18.1. The van der Waals surface area contributed by atoms with E-state index >= 15 is 0 Å². The molecule has 3 amide bonds. The topological polar surface area (TPSA) is 138 Å². The Morgan fingerprint density at radius 1 is 1.03 bits per heavy atom. The summed E-state index contributed by atoms with van der Waals surface area (Å²) in [5.74, 6) is -1.87. The van der Waals surface area contributed by atoms with E-state index in [1.54, 1.807) is 11.8 Å². The smallest absolute Gasteiger partial charge is 0.318 e. The predicted octanol–water partition coefficient (Wildman–Crippen LogP) is -0.913. The van der Waals surface area contributed by atoms with Crippen molar-refractivity contribution in [2.75, 3.05) is 52.6 Å². The summed E-state index contributed by atoms with van der Waals surface area (Å²) in [4.78, 5) is 39.7. The number of amides is 3. The number of hydrogen-bond donors (Lipinski definition) is 4. The number of aliphatic hydroxyl groups is 1. The molecule has 2 heterocycles. The van der Waals surface area contributed by atoms with Gasteiger partial charge in [0, 0.05) is 13.1 Å². The Morgan fingerprint density at radius 2 is 1.68 bits per heavy atom. The summed E-state index contributed by atoms with van der Waals surface area (Å²) < 4.78 is 16.1. The monoisotopic (exact) mass is 442 g/mol. The Labute approximate surface area is 182 Å². The van der Waals surface area contributed by atoms with Crippen LogP contribution in [-0.2, 0) is 23.8 Å². The number of Topliss-reactive ketones (excluding diaryl/α,β-unsaturated/α-hetero) is 1. The second-order valence-corrected chi connectivity index (χ2v) is 8.44. The number of carbonyl (C=O) groups excluding carboxylic acids is 3. The summed E-state index contributed by atoms with van der Waals surface area (Å²) in [7, 11) is 0. The first-order valence-corrected chi connectivity index (χ1v) is 11.0. The molecule has 0 aromatic rings. The molecule has 0 spiro atoms. The molecule has 4 N–H and O–H groups in total. The third-order valence-corrected chi connectivity index (χ3v) is 6.03. The summed E-state index contributed by atoms with van der Waals surface area (Å²) in [6, 6.07) is -0.293. The minimum atomic E-state index is -1.46. The highest BCUT2D eigenvalue weighted by molar-refractivity contribution is 5.94. The number of ketones is 1. The van der Waals surface area contributed by atoms with Gasteiger partial charge in [-0.25, -0.2) is 4.79 Å². The number of carbonyl (C=O) groups is 3. The van der Waals surface area contributed by atoms with Crippen LogP contribution in [0.2, 0.25) is 0 Å². The third kappa shape index (κ3) is 6.36. The molecule has 1 unspecified atom stereocenters. The largest absolute Gasteiger partial charge is 0.378 e.